The lowest BCUT2D eigenvalue weighted by Gasteiger charge is -2.11. The molecule has 1 unspecified atom stereocenters. The number of hydrogen-bond acceptors (Lipinski definition) is 1. The van der Waals surface area contributed by atoms with Crippen LogP contribution >= 0.6 is 0 Å². The van der Waals surface area contributed by atoms with E-state index in [1.54, 1.807) is 12.1 Å². The van der Waals surface area contributed by atoms with E-state index in [-0.39, 0.29) is 5.82 Å². The van der Waals surface area contributed by atoms with Crippen molar-refractivity contribution in [2.24, 2.45) is 0 Å². The molecule has 0 aliphatic rings. The Morgan fingerprint density at radius 2 is 2.33 bits per heavy atom. The molecule has 1 aromatic carbocycles. The van der Waals surface area contributed by atoms with Crippen molar-refractivity contribution in [1.82, 2.24) is 5.32 Å². The number of aryl methyl sites for hydroxylation is 1. The van der Waals surface area contributed by atoms with Gasteiger partial charge in [-0.3, -0.25) is 0 Å². The average molecular weight is 205 g/mol. The molecule has 80 valence electrons. The lowest BCUT2D eigenvalue weighted by molar-refractivity contribution is 0.545. The summed E-state index contributed by atoms with van der Waals surface area (Å²) in [6.07, 6.45) is 6.98. The summed E-state index contributed by atoms with van der Waals surface area (Å²) in [5.74, 6) is 2.37. The molecule has 1 N–H and O–H groups in total. The van der Waals surface area contributed by atoms with Crippen molar-refractivity contribution < 1.29 is 4.39 Å². The number of halogens is 1. The van der Waals surface area contributed by atoms with E-state index in [1.807, 2.05) is 6.07 Å². The summed E-state index contributed by atoms with van der Waals surface area (Å²) in [5.41, 5.74) is 1.03. The van der Waals surface area contributed by atoms with Gasteiger partial charge < -0.3 is 5.32 Å². The average Bonchev–Trinajstić information content (AvgIpc) is 2.23. The van der Waals surface area contributed by atoms with E-state index in [0.29, 0.717) is 12.6 Å². The van der Waals surface area contributed by atoms with Crippen molar-refractivity contribution in [3.63, 3.8) is 0 Å². The predicted molar refractivity (Wildman–Crippen MR) is 61.0 cm³/mol. The number of hydrogen-bond donors (Lipinski definition) is 1. The van der Waals surface area contributed by atoms with E-state index >= 15 is 0 Å². The zero-order chi connectivity index (χ0) is 11.1. The summed E-state index contributed by atoms with van der Waals surface area (Å²) in [4.78, 5) is 0. The fraction of sp³-hybridized carbons (Fsp3) is 0.385. The standard InChI is InChI=1S/C13H16FN/c1-3-9-15-11(2)7-8-12-5-4-6-13(14)10-12/h1,4-6,10-11,15H,7-9H2,2H3. The first-order chi connectivity index (χ1) is 7.22. The largest absolute Gasteiger partial charge is 0.304 e. The molecular formula is C13H16FN. The van der Waals surface area contributed by atoms with Gasteiger partial charge in [-0.15, -0.1) is 6.42 Å². The van der Waals surface area contributed by atoms with E-state index in [0.717, 1.165) is 18.4 Å². The topological polar surface area (TPSA) is 12.0 Å². The lowest BCUT2D eigenvalue weighted by atomic mass is 10.1. The highest BCUT2D eigenvalue weighted by Gasteiger charge is 2.01. The third kappa shape index (κ3) is 4.62. The Labute approximate surface area is 90.7 Å². The van der Waals surface area contributed by atoms with Crippen LogP contribution in [-0.2, 0) is 6.42 Å². The Morgan fingerprint density at radius 3 is 3.00 bits per heavy atom. The molecule has 0 heterocycles. The Balaban J connectivity index is 2.34. The number of rotatable bonds is 5. The predicted octanol–water partition coefficient (Wildman–Crippen LogP) is 2.37. The van der Waals surface area contributed by atoms with Crippen LogP contribution in [-0.4, -0.2) is 12.6 Å². The highest BCUT2D eigenvalue weighted by molar-refractivity contribution is 5.16. The summed E-state index contributed by atoms with van der Waals surface area (Å²) in [6.45, 7) is 2.67. The monoisotopic (exact) mass is 205 g/mol. The van der Waals surface area contributed by atoms with E-state index in [4.69, 9.17) is 6.42 Å². The number of nitrogens with one attached hydrogen (secondary N) is 1. The van der Waals surface area contributed by atoms with Crippen LogP contribution in [0.4, 0.5) is 4.39 Å². The quantitative estimate of drug-likeness (QED) is 0.728. The van der Waals surface area contributed by atoms with E-state index in [2.05, 4.69) is 18.2 Å². The van der Waals surface area contributed by atoms with E-state index < -0.39 is 0 Å². The van der Waals surface area contributed by atoms with Gasteiger partial charge in [0.1, 0.15) is 5.82 Å². The van der Waals surface area contributed by atoms with Crippen LogP contribution in [0.5, 0.6) is 0 Å². The number of terminal acetylenes is 1. The van der Waals surface area contributed by atoms with Crippen molar-refractivity contribution in [1.29, 1.82) is 0 Å². The minimum absolute atomic E-state index is 0.170. The van der Waals surface area contributed by atoms with E-state index in [1.165, 1.54) is 6.07 Å². The maximum atomic E-state index is 12.9. The highest BCUT2D eigenvalue weighted by Crippen LogP contribution is 2.07. The normalized spacial score (nSPS) is 12.1. The molecule has 0 aliphatic carbocycles. The van der Waals surface area contributed by atoms with Gasteiger partial charge in [0.2, 0.25) is 0 Å². The minimum Gasteiger partial charge on any atom is -0.304 e. The lowest BCUT2D eigenvalue weighted by Crippen LogP contribution is -2.26. The van der Waals surface area contributed by atoms with Gasteiger partial charge in [-0.2, -0.15) is 0 Å². The Hall–Kier alpha value is -1.33. The van der Waals surface area contributed by atoms with Crippen LogP contribution < -0.4 is 5.32 Å². The second kappa shape index (κ2) is 6.21. The van der Waals surface area contributed by atoms with Gasteiger partial charge in [0.05, 0.1) is 6.54 Å². The molecule has 1 nitrogen and oxygen atoms in total. The molecule has 0 aromatic heterocycles. The van der Waals surface area contributed by atoms with Gasteiger partial charge in [-0.25, -0.2) is 4.39 Å². The molecule has 0 amide bonds. The molecule has 1 atom stereocenters. The summed E-state index contributed by atoms with van der Waals surface area (Å²) in [7, 11) is 0. The van der Waals surface area contributed by atoms with Crippen LogP contribution in [0, 0.1) is 18.2 Å². The Kier molecular flexibility index (Phi) is 4.86. The third-order valence-corrected chi connectivity index (χ3v) is 2.31. The number of benzene rings is 1. The molecule has 0 spiro atoms. The van der Waals surface area contributed by atoms with E-state index in [9.17, 15) is 4.39 Å². The fourth-order valence-corrected chi connectivity index (χ4v) is 1.41. The van der Waals surface area contributed by atoms with Crippen LogP contribution in [0.25, 0.3) is 0 Å². The molecule has 2 heteroatoms. The Morgan fingerprint density at radius 1 is 1.53 bits per heavy atom. The second-order valence-corrected chi connectivity index (χ2v) is 3.65. The van der Waals surface area contributed by atoms with Crippen molar-refractivity contribution in [2.75, 3.05) is 6.54 Å². The van der Waals surface area contributed by atoms with Gasteiger partial charge in [-0.1, -0.05) is 18.1 Å². The zero-order valence-electron chi connectivity index (χ0n) is 8.96. The Bertz CT molecular complexity index is 341. The molecule has 1 aromatic rings. The van der Waals surface area contributed by atoms with Crippen molar-refractivity contribution >= 4 is 0 Å². The third-order valence-electron chi connectivity index (χ3n) is 2.31. The summed E-state index contributed by atoms with van der Waals surface area (Å²) in [5, 5.41) is 3.19. The molecule has 1 rings (SSSR count). The summed E-state index contributed by atoms with van der Waals surface area (Å²) in [6, 6.07) is 7.09. The van der Waals surface area contributed by atoms with Crippen LogP contribution in [0.3, 0.4) is 0 Å². The van der Waals surface area contributed by atoms with Crippen LogP contribution in [0.1, 0.15) is 18.9 Å². The van der Waals surface area contributed by atoms with Crippen molar-refractivity contribution in [2.45, 2.75) is 25.8 Å². The fourth-order valence-electron chi connectivity index (χ4n) is 1.41. The summed E-state index contributed by atoms with van der Waals surface area (Å²) >= 11 is 0. The highest BCUT2D eigenvalue weighted by atomic mass is 19.1. The molecule has 0 saturated carbocycles. The molecule has 0 bridgehead atoms. The van der Waals surface area contributed by atoms with Crippen LogP contribution in [0.2, 0.25) is 0 Å². The first-order valence-electron chi connectivity index (χ1n) is 5.13. The maximum Gasteiger partial charge on any atom is 0.123 e. The minimum atomic E-state index is -0.170. The van der Waals surface area contributed by atoms with Crippen LogP contribution in [0.15, 0.2) is 24.3 Å². The van der Waals surface area contributed by atoms with Gasteiger partial charge in [0, 0.05) is 6.04 Å². The first-order valence-corrected chi connectivity index (χ1v) is 5.13. The molecule has 15 heavy (non-hydrogen) atoms. The van der Waals surface area contributed by atoms with Crippen molar-refractivity contribution in [3.8, 4) is 12.3 Å². The van der Waals surface area contributed by atoms with Crippen molar-refractivity contribution in [3.05, 3.63) is 35.6 Å². The van der Waals surface area contributed by atoms with Gasteiger partial charge in [0.25, 0.3) is 0 Å². The molecule has 0 radical (unpaired) electrons. The maximum absolute atomic E-state index is 12.9. The zero-order valence-corrected chi connectivity index (χ0v) is 8.96. The molecule has 0 aliphatic heterocycles. The smallest absolute Gasteiger partial charge is 0.123 e. The van der Waals surface area contributed by atoms with Gasteiger partial charge in [0.15, 0.2) is 0 Å². The van der Waals surface area contributed by atoms with Gasteiger partial charge >= 0.3 is 0 Å². The first kappa shape index (κ1) is 11.7. The molecule has 0 saturated heterocycles. The molecule has 0 fully saturated rings. The summed E-state index contributed by atoms with van der Waals surface area (Å²) < 4.78 is 12.9. The second-order valence-electron chi connectivity index (χ2n) is 3.65. The van der Waals surface area contributed by atoms with Gasteiger partial charge in [-0.05, 0) is 37.5 Å². The SMILES string of the molecule is C#CCNC(C)CCc1cccc(F)c1. The molecular weight excluding hydrogens is 189 g/mol.